The largest absolute Gasteiger partial charge is 0.416 e. The highest BCUT2D eigenvalue weighted by Crippen LogP contribution is 2.43. The van der Waals surface area contributed by atoms with Crippen LogP contribution in [0.15, 0.2) is 48.5 Å². The number of rotatable bonds is 3. The van der Waals surface area contributed by atoms with Crippen molar-refractivity contribution in [3.63, 3.8) is 0 Å². The lowest BCUT2D eigenvalue weighted by Gasteiger charge is -2.22. The number of carbonyl (C=O) groups is 2. The van der Waals surface area contributed by atoms with Crippen LogP contribution in [0.3, 0.4) is 0 Å². The molecule has 6 heteroatoms. The Hall–Kier alpha value is -2.63. The van der Waals surface area contributed by atoms with Gasteiger partial charge in [0.05, 0.1) is 11.0 Å². The van der Waals surface area contributed by atoms with E-state index in [1.807, 2.05) is 6.07 Å². The Morgan fingerprint density at radius 2 is 1.68 bits per heavy atom. The summed E-state index contributed by atoms with van der Waals surface area (Å²) in [5, 5.41) is 0. The number of nitrogens with zero attached hydrogens (tertiary/aromatic N) is 1. The zero-order valence-corrected chi connectivity index (χ0v) is 13.7. The van der Waals surface area contributed by atoms with Crippen LogP contribution in [-0.2, 0) is 16.4 Å². The molecule has 3 rings (SSSR count). The van der Waals surface area contributed by atoms with Crippen LogP contribution < -0.4 is 4.90 Å². The fourth-order valence-electron chi connectivity index (χ4n) is 3.27. The van der Waals surface area contributed by atoms with E-state index in [-0.39, 0.29) is 23.7 Å². The Bertz CT molecular complexity index is 842. The molecule has 25 heavy (non-hydrogen) atoms. The van der Waals surface area contributed by atoms with Crippen LogP contribution in [0.4, 0.5) is 18.9 Å². The molecule has 1 amide bonds. The van der Waals surface area contributed by atoms with Crippen molar-refractivity contribution in [3.8, 4) is 0 Å². The van der Waals surface area contributed by atoms with Gasteiger partial charge in [0.25, 0.3) is 0 Å². The molecule has 0 spiro atoms. The number of benzene rings is 2. The lowest BCUT2D eigenvalue weighted by Crippen LogP contribution is -2.37. The molecule has 0 aliphatic carbocycles. The minimum absolute atomic E-state index is 0.0987. The third kappa shape index (κ3) is 2.81. The predicted octanol–water partition coefficient (Wildman–Crippen LogP) is 4.21. The number of carbonyl (C=O) groups excluding carboxylic acids is 2. The summed E-state index contributed by atoms with van der Waals surface area (Å²) in [5.74, 6) is -0.566. The molecule has 0 N–H and O–H groups in total. The Morgan fingerprint density at radius 3 is 2.28 bits per heavy atom. The molecule has 0 radical (unpaired) electrons. The molecule has 1 aliphatic heterocycles. The third-order valence-corrected chi connectivity index (χ3v) is 4.68. The Morgan fingerprint density at radius 1 is 1.08 bits per heavy atom. The zero-order valence-electron chi connectivity index (χ0n) is 13.7. The van der Waals surface area contributed by atoms with Gasteiger partial charge in [-0.1, -0.05) is 30.3 Å². The molecule has 130 valence electrons. The van der Waals surface area contributed by atoms with E-state index >= 15 is 0 Å². The van der Waals surface area contributed by atoms with E-state index in [0.717, 1.165) is 35.5 Å². The number of hydrogen-bond acceptors (Lipinski definition) is 2. The van der Waals surface area contributed by atoms with E-state index in [1.54, 1.807) is 32.2 Å². The predicted molar refractivity (Wildman–Crippen MR) is 87.6 cm³/mol. The maximum absolute atomic E-state index is 12.7. The van der Waals surface area contributed by atoms with Gasteiger partial charge < -0.3 is 4.90 Å². The molecule has 0 saturated heterocycles. The van der Waals surface area contributed by atoms with E-state index in [2.05, 4.69) is 0 Å². The number of Topliss-reactive ketones (excluding diaryl/α,β-unsaturated/α-hetero) is 1. The van der Waals surface area contributed by atoms with Crippen LogP contribution in [0.25, 0.3) is 0 Å². The highest BCUT2D eigenvalue weighted by molar-refractivity contribution is 6.11. The van der Waals surface area contributed by atoms with Gasteiger partial charge in [-0.05, 0) is 30.7 Å². The Kier molecular flexibility index (Phi) is 3.94. The Labute approximate surface area is 143 Å². The van der Waals surface area contributed by atoms with Gasteiger partial charge in [0.1, 0.15) is 0 Å². The second-order valence-electron chi connectivity index (χ2n) is 6.39. The van der Waals surface area contributed by atoms with Gasteiger partial charge in [-0.25, -0.2) is 0 Å². The normalized spacial score (nSPS) is 19.9. The highest BCUT2D eigenvalue weighted by atomic mass is 19.4. The molecule has 0 fully saturated rings. The van der Waals surface area contributed by atoms with E-state index in [4.69, 9.17) is 0 Å². The number of para-hydroxylation sites is 1. The first-order valence-corrected chi connectivity index (χ1v) is 7.73. The standard InChI is InChI=1S/C19H16F3NO2/c1-18(14-5-3-4-6-15(14)23(2)17(18)25)11-16(24)12-7-9-13(10-8-12)19(20,21)22/h3-10H,11H2,1-2H3. The molecular weight excluding hydrogens is 331 g/mol. The van der Waals surface area contributed by atoms with Crippen molar-refractivity contribution in [2.75, 3.05) is 11.9 Å². The summed E-state index contributed by atoms with van der Waals surface area (Å²) in [6, 6.07) is 11.3. The number of alkyl halides is 3. The first kappa shape index (κ1) is 17.2. The summed E-state index contributed by atoms with van der Waals surface area (Å²) in [5.41, 5.74) is -0.171. The molecule has 0 saturated carbocycles. The van der Waals surface area contributed by atoms with Crippen LogP contribution in [-0.4, -0.2) is 18.7 Å². The molecular formula is C19H16F3NO2. The van der Waals surface area contributed by atoms with Crippen LogP contribution >= 0.6 is 0 Å². The summed E-state index contributed by atoms with van der Waals surface area (Å²) in [4.78, 5) is 26.7. The average molecular weight is 347 g/mol. The van der Waals surface area contributed by atoms with Crippen LogP contribution in [0.1, 0.15) is 34.8 Å². The third-order valence-electron chi connectivity index (χ3n) is 4.68. The first-order valence-electron chi connectivity index (χ1n) is 7.73. The summed E-state index contributed by atoms with van der Waals surface area (Å²) in [6.07, 6.45) is -4.55. The van der Waals surface area contributed by atoms with Crippen LogP contribution in [0.5, 0.6) is 0 Å². The molecule has 1 unspecified atom stereocenters. The zero-order chi connectivity index (χ0) is 18.4. The SMILES string of the molecule is CN1C(=O)C(C)(CC(=O)c2ccc(C(F)(F)F)cc2)c2ccccc21. The lowest BCUT2D eigenvalue weighted by molar-refractivity contribution is -0.137. The second-order valence-corrected chi connectivity index (χ2v) is 6.39. The molecule has 2 aromatic rings. The summed E-state index contributed by atoms with van der Waals surface area (Å²) in [6.45, 7) is 1.69. The second kappa shape index (κ2) is 5.72. The number of amides is 1. The van der Waals surface area contributed by atoms with Crippen molar-refractivity contribution in [2.24, 2.45) is 0 Å². The topological polar surface area (TPSA) is 37.4 Å². The van der Waals surface area contributed by atoms with Crippen LogP contribution in [0.2, 0.25) is 0 Å². The summed E-state index contributed by atoms with van der Waals surface area (Å²) >= 11 is 0. The molecule has 0 aromatic heterocycles. The van der Waals surface area contributed by atoms with Crippen molar-refractivity contribution in [2.45, 2.75) is 24.9 Å². The molecule has 3 nitrogen and oxygen atoms in total. The molecule has 1 atom stereocenters. The van der Waals surface area contributed by atoms with Gasteiger partial charge in [0, 0.05) is 24.7 Å². The first-order chi connectivity index (χ1) is 11.6. The van der Waals surface area contributed by atoms with Gasteiger partial charge in [-0.15, -0.1) is 0 Å². The van der Waals surface area contributed by atoms with Gasteiger partial charge in [-0.3, -0.25) is 9.59 Å². The van der Waals surface area contributed by atoms with E-state index in [1.165, 1.54) is 4.90 Å². The number of ketones is 1. The number of anilines is 1. The molecule has 1 aliphatic rings. The van der Waals surface area contributed by atoms with Gasteiger partial charge in [0.15, 0.2) is 5.78 Å². The average Bonchev–Trinajstić information content (AvgIpc) is 2.76. The summed E-state index contributed by atoms with van der Waals surface area (Å²) in [7, 11) is 1.65. The minimum atomic E-state index is -4.45. The maximum Gasteiger partial charge on any atom is 0.416 e. The molecule has 2 aromatic carbocycles. The quantitative estimate of drug-likeness (QED) is 0.780. The smallest absolute Gasteiger partial charge is 0.314 e. The van der Waals surface area contributed by atoms with Crippen molar-refractivity contribution < 1.29 is 22.8 Å². The highest BCUT2D eigenvalue weighted by Gasteiger charge is 2.47. The number of halogens is 3. The van der Waals surface area contributed by atoms with Crippen LogP contribution in [0, 0.1) is 0 Å². The Balaban J connectivity index is 1.89. The molecule has 0 bridgehead atoms. The maximum atomic E-state index is 12.7. The fourth-order valence-corrected chi connectivity index (χ4v) is 3.27. The van der Waals surface area contributed by atoms with Gasteiger partial charge >= 0.3 is 6.18 Å². The van der Waals surface area contributed by atoms with Gasteiger partial charge in [-0.2, -0.15) is 13.2 Å². The lowest BCUT2D eigenvalue weighted by atomic mass is 9.78. The van der Waals surface area contributed by atoms with E-state index in [9.17, 15) is 22.8 Å². The van der Waals surface area contributed by atoms with Gasteiger partial charge in [0.2, 0.25) is 5.91 Å². The van der Waals surface area contributed by atoms with Crippen molar-refractivity contribution >= 4 is 17.4 Å². The number of likely N-dealkylation sites (N-methyl/N-ethyl adjacent to an activating group) is 1. The minimum Gasteiger partial charge on any atom is -0.314 e. The molecule has 1 heterocycles. The van der Waals surface area contributed by atoms with Crippen molar-refractivity contribution in [1.29, 1.82) is 0 Å². The van der Waals surface area contributed by atoms with E-state index in [0.29, 0.717) is 0 Å². The van der Waals surface area contributed by atoms with Crippen molar-refractivity contribution in [3.05, 3.63) is 65.2 Å². The van der Waals surface area contributed by atoms with Crippen molar-refractivity contribution in [1.82, 2.24) is 0 Å². The number of fused-ring (bicyclic) bond motifs is 1. The summed E-state index contributed by atoms with van der Waals surface area (Å²) < 4.78 is 37.9. The van der Waals surface area contributed by atoms with E-state index < -0.39 is 17.2 Å². The fraction of sp³-hybridized carbons (Fsp3) is 0.263. The number of hydrogen-bond donors (Lipinski definition) is 0. The monoisotopic (exact) mass is 347 g/mol.